The first-order chi connectivity index (χ1) is 15.2. The summed E-state index contributed by atoms with van der Waals surface area (Å²) in [6.45, 7) is 6.11. The second-order valence-electron chi connectivity index (χ2n) is 7.91. The van der Waals surface area contributed by atoms with E-state index >= 15 is 0 Å². The zero-order valence-corrected chi connectivity index (χ0v) is 20.5. The van der Waals surface area contributed by atoms with Gasteiger partial charge in [-0.05, 0) is 43.5 Å². The van der Waals surface area contributed by atoms with Gasteiger partial charge >= 0.3 is 0 Å². The van der Waals surface area contributed by atoms with Crippen molar-refractivity contribution in [1.29, 1.82) is 0 Å². The molecule has 0 aliphatic rings. The maximum Gasteiger partial charge on any atom is 0.243 e. The maximum absolute atomic E-state index is 12.5. The lowest BCUT2D eigenvalue weighted by molar-refractivity contribution is -0.120. The molecule has 170 valence electrons. The van der Waals surface area contributed by atoms with E-state index in [1.807, 2.05) is 19.2 Å². The van der Waals surface area contributed by atoms with Crippen molar-refractivity contribution in [3.05, 3.63) is 70.7 Å². The summed E-state index contributed by atoms with van der Waals surface area (Å²) in [5.74, 6) is -0.126. The summed E-state index contributed by atoms with van der Waals surface area (Å²) in [4.78, 5) is 17.2. The lowest BCUT2D eigenvalue weighted by Crippen LogP contribution is -2.33. The number of nitrogens with zero attached hydrogens (tertiary/aromatic N) is 2. The fraction of sp³-hybridized carbons (Fsp3) is 0.333. The molecule has 0 aliphatic carbocycles. The molecule has 32 heavy (non-hydrogen) atoms. The van der Waals surface area contributed by atoms with E-state index in [1.165, 1.54) is 21.2 Å². The minimum absolute atomic E-state index is 0.124. The van der Waals surface area contributed by atoms with E-state index in [0.717, 1.165) is 28.2 Å². The van der Waals surface area contributed by atoms with E-state index < -0.39 is 10.0 Å². The van der Waals surface area contributed by atoms with E-state index in [4.69, 9.17) is 0 Å². The molecule has 0 atom stereocenters. The van der Waals surface area contributed by atoms with Crippen molar-refractivity contribution in [2.24, 2.45) is 0 Å². The Hall–Kier alpha value is -2.55. The molecular weight excluding hydrogens is 442 g/mol. The summed E-state index contributed by atoms with van der Waals surface area (Å²) in [5, 5.41) is 5.69. The Morgan fingerprint density at radius 2 is 1.69 bits per heavy atom. The van der Waals surface area contributed by atoms with Crippen LogP contribution in [0.5, 0.6) is 0 Å². The zero-order valence-electron chi connectivity index (χ0n) is 18.8. The number of sulfonamides is 1. The maximum atomic E-state index is 12.5. The first kappa shape index (κ1) is 24.1. The Morgan fingerprint density at radius 3 is 2.28 bits per heavy atom. The second-order valence-corrected chi connectivity index (χ2v) is 10.8. The Bertz CT molecular complexity index is 1150. The van der Waals surface area contributed by atoms with E-state index in [2.05, 4.69) is 41.5 Å². The molecule has 0 saturated carbocycles. The van der Waals surface area contributed by atoms with Crippen LogP contribution in [0.2, 0.25) is 0 Å². The fourth-order valence-electron chi connectivity index (χ4n) is 3.05. The van der Waals surface area contributed by atoms with E-state index in [1.54, 1.807) is 31.3 Å². The highest BCUT2D eigenvalue weighted by atomic mass is 32.2. The van der Waals surface area contributed by atoms with Gasteiger partial charge < -0.3 is 5.32 Å². The molecule has 1 N–H and O–H groups in total. The molecule has 3 aromatic rings. The lowest BCUT2D eigenvalue weighted by Gasteiger charge is -2.21. The monoisotopic (exact) mass is 471 g/mol. The SMILES string of the molecule is CCc1ccc(-c2nc(CC(=O)NCc3ccc(S(=O)(=O)N(C)C(C)C)cc3)cs2)cc1. The van der Waals surface area contributed by atoms with Crippen molar-refractivity contribution in [1.82, 2.24) is 14.6 Å². The molecule has 2 aromatic carbocycles. The molecular formula is C24H29N3O3S2. The van der Waals surface area contributed by atoms with Gasteiger partial charge in [-0.2, -0.15) is 4.31 Å². The van der Waals surface area contributed by atoms with Gasteiger partial charge in [0.05, 0.1) is 17.0 Å². The number of carbonyl (C=O) groups is 1. The molecule has 0 unspecified atom stereocenters. The van der Waals surface area contributed by atoms with Crippen LogP contribution in [0.25, 0.3) is 10.6 Å². The number of amides is 1. The highest BCUT2D eigenvalue weighted by Gasteiger charge is 2.22. The third kappa shape index (κ3) is 5.82. The normalized spacial score (nSPS) is 11.8. The molecule has 8 heteroatoms. The topological polar surface area (TPSA) is 79.4 Å². The number of nitrogens with one attached hydrogen (secondary N) is 1. The van der Waals surface area contributed by atoms with Crippen LogP contribution in [0.4, 0.5) is 0 Å². The van der Waals surface area contributed by atoms with Crippen LogP contribution in [-0.2, 0) is 34.2 Å². The minimum Gasteiger partial charge on any atom is -0.352 e. The standard InChI is InChI=1S/C24H29N3O3S2/c1-5-18-6-10-20(11-7-18)24-26-21(16-31-24)14-23(28)25-15-19-8-12-22(13-9-19)32(29,30)27(4)17(2)3/h6-13,16-17H,5,14-15H2,1-4H3,(H,25,28). The van der Waals surface area contributed by atoms with Crippen molar-refractivity contribution in [2.45, 2.75) is 51.1 Å². The first-order valence-electron chi connectivity index (χ1n) is 10.6. The summed E-state index contributed by atoms with van der Waals surface area (Å²) < 4.78 is 26.4. The van der Waals surface area contributed by atoms with Crippen molar-refractivity contribution in [2.75, 3.05) is 7.05 Å². The molecule has 1 amide bonds. The number of aromatic nitrogens is 1. The Balaban J connectivity index is 1.55. The molecule has 1 aromatic heterocycles. The lowest BCUT2D eigenvalue weighted by atomic mass is 10.1. The Labute approximate surface area is 194 Å². The van der Waals surface area contributed by atoms with Gasteiger partial charge in [0.15, 0.2) is 0 Å². The van der Waals surface area contributed by atoms with Gasteiger partial charge in [-0.3, -0.25) is 4.79 Å². The van der Waals surface area contributed by atoms with Gasteiger partial charge in [-0.1, -0.05) is 43.3 Å². The number of rotatable bonds is 9. The zero-order chi connectivity index (χ0) is 23.3. The number of hydrogen-bond donors (Lipinski definition) is 1. The van der Waals surface area contributed by atoms with Gasteiger partial charge in [-0.25, -0.2) is 13.4 Å². The molecule has 0 bridgehead atoms. The average molecular weight is 472 g/mol. The first-order valence-corrected chi connectivity index (χ1v) is 12.9. The van der Waals surface area contributed by atoms with Gasteiger partial charge in [-0.15, -0.1) is 11.3 Å². The van der Waals surface area contributed by atoms with Gasteiger partial charge in [0.2, 0.25) is 15.9 Å². The minimum atomic E-state index is -3.51. The molecule has 0 radical (unpaired) electrons. The largest absolute Gasteiger partial charge is 0.352 e. The van der Waals surface area contributed by atoms with E-state index in [0.29, 0.717) is 6.54 Å². The summed E-state index contributed by atoms with van der Waals surface area (Å²) in [6.07, 6.45) is 1.20. The summed E-state index contributed by atoms with van der Waals surface area (Å²) in [7, 11) is -1.95. The van der Waals surface area contributed by atoms with Crippen molar-refractivity contribution in [3.8, 4) is 10.6 Å². The van der Waals surface area contributed by atoms with Crippen LogP contribution in [-0.4, -0.2) is 36.7 Å². The molecule has 1 heterocycles. The third-order valence-corrected chi connectivity index (χ3v) is 8.31. The van der Waals surface area contributed by atoms with Crippen LogP contribution in [0, 0.1) is 0 Å². The van der Waals surface area contributed by atoms with Gasteiger partial charge in [0, 0.05) is 30.6 Å². The Morgan fingerprint density at radius 1 is 1.06 bits per heavy atom. The summed E-state index contributed by atoms with van der Waals surface area (Å²) in [5.41, 5.74) is 3.90. The van der Waals surface area contributed by atoms with Crippen LogP contribution in [0.1, 0.15) is 37.6 Å². The summed E-state index contributed by atoms with van der Waals surface area (Å²) in [6, 6.07) is 14.8. The molecule has 0 saturated heterocycles. The summed E-state index contributed by atoms with van der Waals surface area (Å²) >= 11 is 1.53. The molecule has 0 spiro atoms. The van der Waals surface area contributed by atoms with Crippen molar-refractivity contribution in [3.63, 3.8) is 0 Å². The number of thiazole rings is 1. The predicted molar refractivity (Wildman–Crippen MR) is 129 cm³/mol. The Kier molecular flexibility index (Phi) is 7.82. The van der Waals surface area contributed by atoms with E-state index in [-0.39, 0.29) is 23.3 Å². The molecule has 0 fully saturated rings. The number of carbonyl (C=O) groups excluding carboxylic acids is 1. The molecule has 6 nitrogen and oxygen atoms in total. The number of aryl methyl sites for hydroxylation is 1. The average Bonchev–Trinajstić information content (AvgIpc) is 3.25. The molecule has 3 rings (SSSR count). The molecule has 0 aliphatic heterocycles. The highest BCUT2D eigenvalue weighted by Crippen LogP contribution is 2.24. The van der Waals surface area contributed by atoms with Crippen LogP contribution in [0.3, 0.4) is 0 Å². The number of benzene rings is 2. The highest BCUT2D eigenvalue weighted by molar-refractivity contribution is 7.89. The van der Waals surface area contributed by atoms with Crippen molar-refractivity contribution < 1.29 is 13.2 Å². The van der Waals surface area contributed by atoms with Crippen LogP contribution < -0.4 is 5.32 Å². The van der Waals surface area contributed by atoms with E-state index in [9.17, 15) is 13.2 Å². The second kappa shape index (κ2) is 10.4. The van der Waals surface area contributed by atoms with Crippen LogP contribution >= 0.6 is 11.3 Å². The number of hydrogen-bond acceptors (Lipinski definition) is 5. The van der Waals surface area contributed by atoms with Gasteiger partial charge in [0.25, 0.3) is 0 Å². The quantitative estimate of drug-likeness (QED) is 0.506. The smallest absolute Gasteiger partial charge is 0.243 e. The van der Waals surface area contributed by atoms with Gasteiger partial charge in [0.1, 0.15) is 5.01 Å². The predicted octanol–water partition coefficient (Wildman–Crippen LogP) is 4.26. The van der Waals surface area contributed by atoms with Crippen molar-refractivity contribution >= 4 is 27.3 Å². The van der Waals surface area contributed by atoms with Crippen LogP contribution in [0.15, 0.2) is 58.8 Å². The fourth-order valence-corrected chi connectivity index (χ4v) is 5.25. The third-order valence-electron chi connectivity index (χ3n) is 5.32.